The Morgan fingerprint density at radius 1 is 1.26 bits per heavy atom. The number of morpholine rings is 1. The van der Waals surface area contributed by atoms with Crippen molar-refractivity contribution in [1.29, 1.82) is 0 Å². The number of ether oxygens (including phenoxy) is 2. The molecule has 2 atom stereocenters. The van der Waals surface area contributed by atoms with E-state index in [9.17, 15) is 9.59 Å². The molecule has 1 aliphatic rings. The van der Waals surface area contributed by atoms with Gasteiger partial charge >= 0.3 is 5.97 Å². The molecule has 7 heteroatoms. The van der Waals surface area contributed by atoms with Crippen LogP contribution in [-0.2, 0) is 20.8 Å². The van der Waals surface area contributed by atoms with Crippen LogP contribution in [0.5, 0.6) is 0 Å². The van der Waals surface area contributed by atoms with Gasteiger partial charge in [-0.15, -0.1) is 11.3 Å². The Labute approximate surface area is 163 Å². The number of hydrogen-bond acceptors (Lipinski definition) is 5. The minimum Gasteiger partial charge on any atom is -0.452 e. The first kappa shape index (κ1) is 19.6. The van der Waals surface area contributed by atoms with Crippen molar-refractivity contribution in [2.24, 2.45) is 0 Å². The zero-order chi connectivity index (χ0) is 19.6. The standard InChI is InChI=1S/C20H26N2O4S/c1-13-8-18(16(4)22(13)11-17-6-5-7-27-17)20(24)25-12-19(23)21-9-14(2)26-15(3)10-21/h5-8,14-15H,9-12H2,1-4H3/t14-,15-/m1/s1. The molecule has 1 aliphatic heterocycles. The Balaban J connectivity index is 1.62. The monoisotopic (exact) mass is 390 g/mol. The van der Waals surface area contributed by atoms with E-state index in [0.29, 0.717) is 18.7 Å². The second-order valence-corrected chi connectivity index (χ2v) is 8.11. The predicted octanol–water partition coefficient (Wildman–Crippen LogP) is 3.01. The normalized spacial score (nSPS) is 19.9. The first-order valence-electron chi connectivity index (χ1n) is 9.14. The third-order valence-electron chi connectivity index (χ3n) is 4.79. The summed E-state index contributed by atoms with van der Waals surface area (Å²) in [5, 5.41) is 2.04. The Morgan fingerprint density at radius 2 is 1.96 bits per heavy atom. The zero-order valence-electron chi connectivity index (χ0n) is 16.2. The molecule has 0 bridgehead atoms. The molecule has 3 heterocycles. The van der Waals surface area contributed by atoms with Crippen LogP contribution in [0.4, 0.5) is 0 Å². The number of thiophene rings is 1. The molecule has 3 rings (SSSR count). The van der Waals surface area contributed by atoms with Crippen molar-refractivity contribution in [2.45, 2.75) is 46.4 Å². The number of esters is 1. The quantitative estimate of drug-likeness (QED) is 0.737. The van der Waals surface area contributed by atoms with E-state index < -0.39 is 5.97 Å². The summed E-state index contributed by atoms with van der Waals surface area (Å²) in [6.45, 7) is 9.28. The fourth-order valence-corrected chi connectivity index (χ4v) is 4.18. The second-order valence-electron chi connectivity index (χ2n) is 7.08. The van der Waals surface area contributed by atoms with Crippen LogP contribution in [0.15, 0.2) is 23.6 Å². The number of aryl methyl sites for hydroxylation is 1. The van der Waals surface area contributed by atoms with E-state index in [1.807, 2.05) is 45.2 Å². The lowest BCUT2D eigenvalue weighted by Crippen LogP contribution is -2.49. The van der Waals surface area contributed by atoms with Crippen molar-refractivity contribution in [3.8, 4) is 0 Å². The van der Waals surface area contributed by atoms with Crippen molar-refractivity contribution >= 4 is 23.2 Å². The molecule has 2 aromatic rings. The second kappa shape index (κ2) is 8.27. The van der Waals surface area contributed by atoms with E-state index in [-0.39, 0.29) is 24.7 Å². The van der Waals surface area contributed by atoms with Crippen LogP contribution < -0.4 is 0 Å². The van der Waals surface area contributed by atoms with Crippen molar-refractivity contribution in [1.82, 2.24) is 9.47 Å². The van der Waals surface area contributed by atoms with E-state index in [1.54, 1.807) is 16.2 Å². The van der Waals surface area contributed by atoms with Crippen LogP contribution in [0.25, 0.3) is 0 Å². The summed E-state index contributed by atoms with van der Waals surface area (Å²) < 4.78 is 13.0. The molecule has 1 fully saturated rings. The molecule has 0 spiro atoms. The summed E-state index contributed by atoms with van der Waals surface area (Å²) in [6.07, 6.45) is -0.0193. The highest BCUT2D eigenvalue weighted by molar-refractivity contribution is 7.09. The van der Waals surface area contributed by atoms with E-state index in [1.165, 1.54) is 4.88 Å². The number of rotatable bonds is 5. The lowest BCUT2D eigenvalue weighted by atomic mass is 10.2. The van der Waals surface area contributed by atoms with E-state index in [4.69, 9.17) is 9.47 Å². The van der Waals surface area contributed by atoms with Gasteiger partial charge < -0.3 is 18.9 Å². The third-order valence-corrected chi connectivity index (χ3v) is 5.65. The molecule has 0 aromatic carbocycles. The number of aromatic nitrogens is 1. The number of nitrogens with zero attached hydrogens (tertiary/aromatic N) is 2. The maximum absolute atomic E-state index is 12.5. The van der Waals surface area contributed by atoms with Gasteiger partial charge in [-0.3, -0.25) is 4.79 Å². The van der Waals surface area contributed by atoms with Crippen LogP contribution in [0.1, 0.15) is 40.5 Å². The Kier molecular flexibility index (Phi) is 6.01. The Morgan fingerprint density at radius 3 is 2.59 bits per heavy atom. The van der Waals surface area contributed by atoms with Crippen LogP contribution in [-0.4, -0.2) is 53.2 Å². The molecule has 0 saturated carbocycles. The number of carbonyl (C=O) groups is 2. The third kappa shape index (κ3) is 4.59. The minimum atomic E-state index is -0.455. The fourth-order valence-electron chi connectivity index (χ4n) is 3.49. The van der Waals surface area contributed by atoms with E-state index in [0.717, 1.165) is 17.9 Å². The molecule has 0 aliphatic carbocycles. The summed E-state index contributed by atoms with van der Waals surface area (Å²) in [5.41, 5.74) is 2.36. The zero-order valence-corrected chi connectivity index (χ0v) is 17.0. The Hall–Kier alpha value is -2.12. The summed E-state index contributed by atoms with van der Waals surface area (Å²) in [5.74, 6) is -0.638. The van der Waals surface area contributed by atoms with Gasteiger partial charge in [0.2, 0.25) is 0 Å². The molecule has 27 heavy (non-hydrogen) atoms. The predicted molar refractivity (Wildman–Crippen MR) is 104 cm³/mol. The summed E-state index contributed by atoms with van der Waals surface area (Å²) in [4.78, 5) is 27.8. The molecule has 1 amide bonds. The lowest BCUT2D eigenvalue weighted by molar-refractivity contribution is -0.146. The van der Waals surface area contributed by atoms with Crippen LogP contribution in [0, 0.1) is 13.8 Å². The first-order valence-corrected chi connectivity index (χ1v) is 10.0. The molecular weight excluding hydrogens is 364 g/mol. The summed E-state index contributed by atoms with van der Waals surface area (Å²) >= 11 is 1.69. The van der Waals surface area contributed by atoms with Gasteiger partial charge in [-0.25, -0.2) is 4.79 Å². The molecule has 0 unspecified atom stereocenters. The van der Waals surface area contributed by atoms with Crippen molar-refractivity contribution in [2.75, 3.05) is 19.7 Å². The number of carbonyl (C=O) groups excluding carboxylic acids is 2. The first-order chi connectivity index (χ1) is 12.8. The lowest BCUT2D eigenvalue weighted by Gasteiger charge is -2.35. The Bertz CT molecular complexity index is 802. The van der Waals surface area contributed by atoms with Gasteiger partial charge in [0.25, 0.3) is 5.91 Å². The summed E-state index contributed by atoms with van der Waals surface area (Å²) in [6, 6.07) is 5.92. The molecule has 2 aromatic heterocycles. The number of hydrogen-bond donors (Lipinski definition) is 0. The molecule has 1 saturated heterocycles. The van der Waals surface area contributed by atoms with Crippen LogP contribution >= 0.6 is 11.3 Å². The highest BCUT2D eigenvalue weighted by Crippen LogP contribution is 2.20. The summed E-state index contributed by atoms with van der Waals surface area (Å²) in [7, 11) is 0. The van der Waals surface area contributed by atoms with Crippen LogP contribution in [0.2, 0.25) is 0 Å². The SMILES string of the molecule is Cc1cc(C(=O)OCC(=O)N2C[C@@H](C)O[C@H](C)C2)c(C)n1Cc1cccs1. The van der Waals surface area contributed by atoms with Gasteiger partial charge in [-0.05, 0) is 45.2 Å². The van der Waals surface area contributed by atoms with Crippen LogP contribution in [0.3, 0.4) is 0 Å². The largest absolute Gasteiger partial charge is 0.452 e. The maximum atomic E-state index is 12.5. The van der Waals surface area contributed by atoms with Gasteiger partial charge in [0.15, 0.2) is 6.61 Å². The molecule has 146 valence electrons. The van der Waals surface area contributed by atoms with Crippen molar-refractivity contribution in [3.63, 3.8) is 0 Å². The maximum Gasteiger partial charge on any atom is 0.340 e. The highest BCUT2D eigenvalue weighted by atomic mass is 32.1. The van der Waals surface area contributed by atoms with Gasteiger partial charge in [0.1, 0.15) is 0 Å². The van der Waals surface area contributed by atoms with Gasteiger partial charge in [0, 0.05) is 29.4 Å². The molecule has 6 nitrogen and oxygen atoms in total. The van der Waals surface area contributed by atoms with Gasteiger partial charge in [-0.1, -0.05) is 6.07 Å². The highest BCUT2D eigenvalue weighted by Gasteiger charge is 2.27. The molecule has 0 radical (unpaired) electrons. The average molecular weight is 391 g/mol. The topological polar surface area (TPSA) is 60.8 Å². The van der Waals surface area contributed by atoms with Gasteiger partial charge in [-0.2, -0.15) is 0 Å². The fraction of sp³-hybridized carbons (Fsp3) is 0.500. The van der Waals surface area contributed by atoms with E-state index in [2.05, 4.69) is 10.6 Å². The van der Waals surface area contributed by atoms with Gasteiger partial charge in [0.05, 0.1) is 24.3 Å². The smallest absolute Gasteiger partial charge is 0.340 e. The molecular formula is C20H26N2O4S. The number of amides is 1. The molecule has 0 N–H and O–H groups in total. The minimum absolute atomic E-state index is 0.00965. The van der Waals surface area contributed by atoms with Crippen molar-refractivity contribution in [3.05, 3.63) is 45.4 Å². The average Bonchev–Trinajstić information content (AvgIpc) is 3.22. The van der Waals surface area contributed by atoms with Crippen molar-refractivity contribution < 1.29 is 19.1 Å². The van der Waals surface area contributed by atoms with E-state index >= 15 is 0 Å².